The van der Waals surface area contributed by atoms with Gasteiger partial charge in [-0.05, 0) is 6.07 Å². The molecule has 0 amide bonds. The van der Waals surface area contributed by atoms with Crippen LogP contribution in [0.15, 0.2) is 22.6 Å². The predicted octanol–water partition coefficient (Wildman–Crippen LogP) is 1.24. The minimum Gasteiger partial charge on any atom is -0.441 e. The highest BCUT2D eigenvalue weighted by atomic mass is 16.6. The van der Waals surface area contributed by atoms with Gasteiger partial charge >= 0.3 is 0 Å². The minimum absolute atomic E-state index is 0.00935. The van der Waals surface area contributed by atoms with Gasteiger partial charge in [0.2, 0.25) is 0 Å². The van der Waals surface area contributed by atoms with E-state index in [1.165, 1.54) is 12.1 Å². The number of nitro benzene ring substituents is 1. The minimum atomic E-state index is -0.462. The van der Waals surface area contributed by atoms with Gasteiger partial charge in [-0.25, -0.2) is 4.98 Å². The standard InChI is InChI=1S/C9H9N3O3/c10-4-3-9-11-7-5-6(12(13)14)1-2-8(7)15-9/h1-2,5H,3-4,10H2. The van der Waals surface area contributed by atoms with Crippen LogP contribution in [-0.2, 0) is 6.42 Å². The number of non-ortho nitro benzene ring substituents is 1. The van der Waals surface area contributed by atoms with Gasteiger partial charge in [0.25, 0.3) is 5.69 Å². The molecule has 2 N–H and O–H groups in total. The number of nitro groups is 1. The Bertz CT molecular complexity index is 506. The lowest BCUT2D eigenvalue weighted by Crippen LogP contribution is -2.02. The average Bonchev–Trinajstić information content (AvgIpc) is 2.59. The highest BCUT2D eigenvalue weighted by Crippen LogP contribution is 2.21. The van der Waals surface area contributed by atoms with Crippen LogP contribution in [0.1, 0.15) is 5.89 Å². The highest BCUT2D eigenvalue weighted by Gasteiger charge is 2.10. The van der Waals surface area contributed by atoms with Crippen LogP contribution in [-0.4, -0.2) is 16.5 Å². The molecular formula is C9H9N3O3. The van der Waals surface area contributed by atoms with Crippen molar-refractivity contribution in [2.75, 3.05) is 6.54 Å². The van der Waals surface area contributed by atoms with E-state index in [0.29, 0.717) is 30.0 Å². The molecule has 0 fully saturated rings. The van der Waals surface area contributed by atoms with Crippen LogP contribution in [0.2, 0.25) is 0 Å². The first-order chi connectivity index (χ1) is 7.20. The van der Waals surface area contributed by atoms with Gasteiger partial charge in [0, 0.05) is 25.1 Å². The van der Waals surface area contributed by atoms with Crippen molar-refractivity contribution in [1.82, 2.24) is 4.98 Å². The number of nitrogens with two attached hydrogens (primary N) is 1. The molecule has 78 valence electrons. The molecule has 15 heavy (non-hydrogen) atoms. The van der Waals surface area contributed by atoms with E-state index in [1.807, 2.05) is 0 Å². The van der Waals surface area contributed by atoms with Crippen molar-refractivity contribution in [3.63, 3.8) is 0 Å². The van der Waals surface area contributed by atoms with Crippen molar-refractivity contribution in [1.29, 1.82) is 0 Å². The Kier molecular flexibility index (Phi) is 2.34. The maximum absolute atomic E-state index is 10.5. The number of benzene rings is 1. The molecule has 0 saturated carbocycles. The van der Waals surface area contributed by atoms with E-state index < -0.39 is 4.92 Å². The molecule has 0 aliphatic rings. The number of fused-ring (bicyclic) bond motifs is 1. The Morgan fingerprint density at radius 3 is 3.00 bits per heavy atom. The van der Waals surface area contributed by atoms with Gasteiger partial charge in [-0.3, -0.25) is 10.1 Å². The van der Waals surface area contributed by atoms with Gasteiger partial charge in [0.1, 0.15) is 5.52 Å². The predicted molar refractivity (Wildman–Crippen MR) is 53.4 cm³/mol. The van der Waals surface area contributed by atoms with E-state index in [-0.39, 0.29) is 5.69 Å². The van der Waals surface area contributed by atoms with Crippen molar-refractivity contribution in [2.45, 2.75) is 6.42 Å². The summed E-state index contributed by atoms with van der Waals surface area (Å²) in [5, 5.41) is 10.5. The Hall–Kier alpha value is -1.95. The Morgan fingerprint density at radius 1 is 1.53 bits per heavy atom. The van der Waals surface area contributed by atoms with E-state index >= 15 is 0 Å². The molecule has 0 radical (unpaired) electrons. The van der Waals surface area contributed by atoms with Crippen LogP contribution in [0, 0.1) is 10.1 Å². The zero-order valence-corrected chi connectivity index (χ0v) is 7.84. The number of hydrogen-bond acceptors (Lipinski definition) is 5. The second-order valence-corrected chi connectivity index (χ2v) is 3.06. The smallest absolute Gasteiger partial charge is 0.271 e. The fourth-order valence-electron chi connectivity index (χ4n) is 1.31. The summed E-state index contributed by atoms with van der Waals surface area (Å²) < 4.78 is 5.33. The molecule has 1 heterocycles. The molecule has 0 aliphatic carbocycles. The van der Waals surface area contributed by atoms with Crippen molar-refractivity contribution in [3.05, 3.63) is 34.2 Å². The molecule has 1 aromatic carbocycles. The van der Waals surface area contributed by atoms with E-state index in [2.05, 4.69) is 4.98 Å². The Balaban J connectivity index is 2.47. The van der Waals surface area contributed by atoms with Gasteiger partial charge in [0.05, 0.1) is 4.92 Å². The molecule has 0 atom stereocenters. The molecule has 0 aliphatic heterocycles. The number of nitrogens with zero attached hydrogens (tertiary/aromatic N) is 2. The zero-order chi connectivity index (χ0) is 10.8. The van der Waals surface area contributed by atoms with Crippen LogP contribution in [0.25, 0.3) is 11.1 Å². The quantitative estimate of drug-likeness (QED) is 0.603. The van der Waals surface area contributed by atoms with Gasteiger partial charge in [-0.2, -0.15) is 0 Å². The Morgan fingerprint density at radius 2 is 2.33 bits per heavy atom. The molecular weight excluding hydrogens is 198 g/mol. The van der Waals surface area contributed by atoms with E-state index in [1.54, 1.807) is 6.07 Å². The molecule has 2 rings (SSSR count). The molecule has 0 saturated heterocycles. The lowest BCUT2D eigenvalue weighted by atomic mass is 10.3. The molecule has 2 aromatic rings. The lowest BCUT2D eigenvalue weighted by Gasteiger charge is -1.88. The lowest BCUT2D eigenvalue weighted by molar-refractivity contribution is -0.384. The summed E-state index contributed by atoms with van der Waals surface area (Å²) in [5.41, 5.74) is 6.40. The first-order valence-corrected chi connectivity index (χ1v) is 4.44. The summed E-state index contributed by atoms with van der Waals surface area (Å²) in [7, 11) is 0. The van der Waals surface area contributed by atoms with E-state index in [9.17, 15) is 10.1 Å². The van der Waals surface area contributed by atoms with Crippen molar-refractivity contribution in [2.24, 2.45) is 5.73 Å². The second kappa shape index (κ2) is 3.66. The van der Waals surface area contributed by atoms with Gasteiger partial charge in [-0.15, -0.1) is 0 Å². The Labute approximate surface area is 84.8 Å². The fourth-order valence-corrected chi connectivity index (χ4v) is 1.31. The van der Waals surface area contributed by atoms with Crippen LogP contribution in [0.3, 0.4) is 0 Å². The summed E-state index contributed by atoms with van der Waals surface area (Å²) in [6.45, 7) is 0.439. The fraction of sp³-hybridized carbons (Fsp3) is 0.222. The van der Waals surface area contributed by atoms with Crippen LogP contribution in [0.5, 0.6) is 0 Å². The van der Waals surface area contributed by atoms with Crippen LogP contribution < -0.4 is 5.73 Å². The third-order valence-corrected chi connectivity index (χ3v) is 1.98. The monoisotopic (exact) mass is 207 g/mol. The first-order valence-electron chi connectivity index (χ1n) is 4.44. The number of hydrogen-bond donors (Lipinski definition) is 1. The van der Waals surface area contributed by atoms with E-state index in [4.69, 9.17) is 10.2 Å². The summed E-state index contributed by atoms with van der Waals surface area (Å²) in [5.74, 6) is 0.507. The maximum atomic E-state index is 10.5. The summed E-state index contributed by atoms with van der Waals surface area (Å²) in [4.78, 5) is 14.1. The summed E-state index contributed by atoms with van der Waals surface area (Å²) in [6.07, 6.45) is 0.530. The third kappa shape index (κ3) is 1.79. The first kappa shape index (κ1) is 9.60. The maximum Gasteiger partial charge on any atom is 0.271 e. The second-order valence-electron chi connectivity index (χ2n) is 3.06. The van der Waals surface area contributed by atoms with Crippen molar-refractivity contribution in [3.8, 4) is 0 Å². The molecule has 0 spiro atoms. The van der Waals surface area contributed by atoms with Gasteiger partial charge < -0.3 is 10.2 Å². The molecule has 1 aromatic heterocycles. The SMILES string of the molecule is NCCc1nc2cc([N+](=O)[O-])ccc2o1. The van der Waals surface area contributed by atoms with Gasteiger partial charge in [-0.1, -0.05) is 0 Å². The zero-order valence-electron chi connectivity index (χ0n) is 7.84. The molecule has 6 heteroatoms. The summed E-state index contributed by atoms with van der Waals surface area (Å²) in [6, 6.07) is 4.32. The van der Waals surface area contributed by atoms with Crippen molar-refractivity contribution < 1.29 is 9.34 Å². The van der Waals surface area contributed by atoms with E-state index in [0.717, 1.165) is 0 Å². The normalized spacial score (nSPS) is 10.7. The topological polar surface area (TPSA) is 95.2 Å². The largest absolute Gasteiger partial charge is 0.441 e. The average molecular weight is 207 g/mol. The van der Waals surface area contributed by atoms with Crippen LogP contribution in [0.4, 0.5) is 5.69 Å². The molecule has 0 bridgehead atoms. The van der Waals surface area contributed by atoms with Gasteiger partial charge in [0.15, 0.2) is 11.5 Å². The summed E-state index contributed by atoms with van der Waals surface area (Å²) >= 11 is 0. The number of oxazole rings is 1. The van der Waals surface area contributed by atoms with Crippen molar-refractivity contribution >= 4 is 16.8 Å². The van der Waals surface area contributed by atoms with Crippen LogP contribution >= 0.6 is 0 Å². The highest BCUT2D eigenvalue weighted by molar-refractivity contribution is 5.75. The number of aromatic nitrogens is 1. The molecule has 6 nitrogen and oxygen atoms in total. The number of rotatable bonds is 3. The third-order valence-electron chi connectivity index (χ3n) is 1.98. The molecule has 0 unspecified atom stereocenters.